The molecule has 2 aliphatic rings. The zero-order valence-corrected chi connectivity index (χ0v) is 14.3. The summed E-state index contributed by atoms with van der Waals surface area (Å²) in [5.41, 5.74) is -0.862. The van der Waals surface area contributed by atoms with Crippen LogP contribution in [0.2, 0.25) is 0 Å². The van der Waals surface area contributed by atoms with Gasteiger partial charge in [0.15, 0.2) is 5.82 Å². The van der Waals surface area contributed by atoms with Gasteiger partial charge in [0, 0.05) is 5.92 Å². The van der Waals surface area contributed by atoms with E-state index >= 15 is 0 Å². The standard InChI is InChI=1S/C15H25N3O3S/c1-15(2,18-22(3,19)20)14-16-13(21-17-14)12(10-6-4-7-10)11-8-5-9-11/h10-12,18H,4-9H2,1-3H3. The molecule has 1 aromatic heterocycles. The number of aromatic nitrogens is 2. The lowest BCUT2D eigenvalue weighted by atomic mass is 9.64. The summed E-state index contributed by atoms with van der Waals surface area (Å²) < 4.78 is 31.1. The second-order valence-electron chi connectivity index (χ2n) is 7.36. The molecule has 0 radical (unpaired) electrons. The van der Waals surface area contributed by atoms with Crippen LogP contribution in [0.1, 0.15) is 70.0 Å². The van der Waals surface area contributed by atoms with Gasteiger partial charge in [-0.3, -0.25) is 0 Å². The molecule has 22 heavy (non-hydrogen) atoms. The Morgan fingerprint density at radius 1 is 1.18 bits per heavy atom. The molecule has 3 rings (SSSR count). The van der Waals surface area contributed by atoms with E-state index in [0.717, 1.165) is 6.26 Å². The molecule has 124 valence electrons. The summed E-state index contributed by atoms with van der Waals surface area (Å²) in [6, 6.07) is 0. The molecule has 0 atom stereocenters. The van der Waals surface area contributed by atoms with Crippen molar-refractivity contribution in [1.82, 2.24) is 14.9 Å². The third-order valence-electron chi connectivity index (χ3n) is 5.04. The third-order valence-corrected chi connectivity index (χ3v) is 5.92. The van der Waals surface area contributed by atoms with Gasteiger partial charge in [0.1, 0.15) is 0 Å². The fourth-order valence-corrected chi connectivity index (χ4v) is 4.54. The minimum absolute atomic E-state index is 0.359. The Morgan fingerprint density at radius 3 is 2.14 bits per heavy atom. The second kappa shape index (κ2) is 5.60. The van der Waals surface area contributed by atoms with Gasteiger partial charge in [0.05, 0.1) is 11.8 Å². The van der Waals surface area contributed by atoms with Crippen LogP contribution in [0.5, 0.6) is 0 Å². The molecule has 2 aliphatic carbocycles. The van der Waals surface area contributed by atoms with Crippen molar-refractivity contribution in [3.8, 4) is 0 Å². The highest BCUT2D eigenvalue weighted by atomic mass is 32.2. The van der Waals surface area contributed by atoms with E-state index in [0.29, 0.717) is 29.5 Å². The van der Waals surface area contributed by atoms with Crippen molar-refractivity contribution in [2.75, 3.05) is 6.26 Å². The fraction of sp³-hybridized carbons (Fsp3) is 0.867. The molecular weight excluding hydrogens is 302 g/mol. The minimum Gasteiger partial charge on any atom is -0.339 e. The first-order valence-corrected chi connectivity index (χ1v) is 9.98. The van der Waals surface area contributed by atoms with Crippen LogP contribution in [0.4, 0.5) is 0 Å². The van der Waals surface area contributed by atoms with E-state index in [-0.39, 0.29) is 0 Å². The Labute approximate surface area is 132 Å². The van der Waals surface area contributed by atoms with Crippen LogP contribution in [0.3, 0.4) is 0 Å². The molecule has 0 amide bonds. The summed E-state index contributed by atoms with van der Waals surface area (Å²) in [5, 5.41) is 4.06. The summed E-state index contributed by atoms with van der Waals surface area (Å²) in [7, 11) is -3.33. The Morgan fingerprint density at radius 2 is 1.73 bits per heavy atom. The number of nitrogens with zero attached hydrogens (tertiary/aromatic N) is 2. The molecule has 6 nitrogen and oxygen atoms in total. The number of hydrogen-bond donors (Lipinski definition) is 1. The monoisotopic (exact) mass is 327 g/mol. The predicted octanol–water partition coefficient (Wildman–Crippen LogP) is 2.54. The molecule has 1 aromatic rings. The van der Waals surface area contributed by atoms with Gasteiger partial charge < -0.3 is 4.52 Å². The molecular formula is C15H25N3O3S. The second-order valence-corrected chi connectivity index (χ2v) is 9.11. The van der Waals surface area contributed by atoms with Crippen molar-refractivity contribution in [2.45, 2.75) is 63.8 Å². The zero-order valence-electron chi connectivity index (χ0n) is 13.5. The summed E-state index contributed by atoms with van der Waals surface area (Å²) in [6.45, 7) is 3.51. The van der Waals surface area contributed by atoms with Crippen molar-refractivity contribution in [1.29, 1.82) is 0 Å². The van der Waals surface area contributed by atoms with Gasteiger partial charge in [0.2, 0.25) is 15.9 Å². The van der Waals surface area contributed by atoms with Crippen LogP contribution in [-0.4, -0.2) is 24.8 Å². The van der Waals surface area contributed by atoms with Crippen LogP contribution in [-0.2, 0) is 15.6 Å². The van der Waals surface area contributed by atoms with Gasteiger partial charge in [-0.05, 0) is 51.4 Å². The number of sulfonamides is 1. The molecule has 0 bridgehead atoms. The highest BCUT2D eigenvalue weighted by molar-refractivity contribution is 7.88. The largest absolute Gasteiger partial charge is 0.339 e. The van der Waals surface area contributed by atoms with Gasteiger partial charge in [-0.25, -0.2) is 13.1 Å². The Balaban J connectivity index is 1.82. The normalized spacial score (nSPS) is 20.9. The maximum atomic E-state index is 11.5. The number of nitrogens with one attached hydrogen (secondary N) is 1. The highest BCUT2D eigenvalue weighted by Gasteiger charge is 2.41. The fourth-order valence-electron chi connectivity index (χ4n) is 3.52. The van der Waals surface area contributed by atoms with Crippen LogP contribution < -0.4 is 4.72 Å². The van der Waals surface area contributed by atoms with E-state index in [1.165, 1.54) is 38.5 Å². The van der Waals surface area contributed by atoms with E-state index in [1.807, 2.05) is 0 Å². The van der Waals surface area contributed by atoms with Gasteiger partial charge in [-0.1, -0.05) is 18.0 Å². The average Bonchev–Trinajstić information content (AvgIpc) is 2.68. The van der Waals surface area contributed by atoms with Gasteiger partial charge in [-0.2, -0.15) is 4.98 Å². The first-order chi connectivity index (χ1) is 10.3. The average molecular weight is 327 g/mol. The minimum atomic E-state index is -3.33. The van der Waals surface area contributed by atoms with Crippen molar-refractivity contribution in [2.24, 2.45) is 11.8 Å². The van der Waals surface area contributed by atoms with Crippen molar-refractivity contribution in [3.63, 3.8) is 0 Å². The third kappa shape index (κ3) is 3.20. The molecule has 1 heterocycles. The summed E-state index contributed by atoms with van der Waals surface area (Å²) in [6.07, 6.45) is 8.68. The van der Waals surface area contributed by atoms with Crippen molar-refractivity contribution < 1.29 is 12.9 Å². The smallest absolute Gasteiger partial charge is 0.230 e. The summed E-state index contributed by atoms with van der Waals surface area (Å²) in [5.74, 6) is 2.79. The topological polar surface area (TPSA) is 85.1 Å². The van der Waals surface area contributed by atoms with E-state index in [1.54, 1.807) is 13.8 Å². The molecule has 1 N–H and O–H groups in total. The summed E-state index contributed by atoms with van der Waals surface area (Å²) in [4.78, 5) is 4.57. The SMILES string of the molecule is CC(C)(NS(C)(=O)=O)c1noc(C(C2CCC2)C2CCC2)n1. The van der Waals surface area contributed by atoms with Crippen molar-refractivity contribution in [3.05, 3.63) is 11.7 Å². The lowest BCUT2D eigenvalue weighted by molar-refractivity contribution is 0.122. The maximum absolute atomic E-state index is 11.5. The predicted molar refractivity (Wildman–Crippen MR) is 82.7 cm³/mol. The first kappa shape index (κ1) is 15.9. The molecule has 0 aliphatic heterocycles. The van der Waals surface area contributed by atoms with Gasteiger partial charge in [-0.15, -0.1) is 0 Å². The molecule has 2 saturated carbocycles. The molecule has 0 unspecified atom stereocenters. The quantitative estimate of drug-likeness (QED) is 0.868. The Bertz CT molecular complexity index is 616. The van der Waals surface area contributed by atoms with Crippen LogP contribution >= 0.6 is 0 Å². The van der Waals surface area contributed by atoms with Crippen molar-refractivity contribution >= 4 is 10.0 Å². The molecule has 0 saturated heterocycles. The number of rotatable bonds is 6. The molecule has 0 spiro atoms. The molecule has 0 aromatic carbocycles. The van der Waals surface area contributed by atoms with Gasteiger partial charge in [0.25, 0.3) is 0 Å². The maximum Gasteiger partial charge on any atom is 0.230 e. The Hall–Kier alpha value is -0.950. The van der Waals surface area contributed by atoms with Crippen LogP contribution in [0, 0.1) is 11.8 Å². The Kier molecular flexibility index (Phi) is 4.05. The van der Waals surface area contributed by atoms with E-state index < -0.39 is 15.6 Å². The van der Waals surface area contributed by atoms with Crippen LogP contribution in [0.25, 0.3) is 0 Å². The van der Waals surface area contributed by atoms with E-state index in [9.17, 15) is 8.42 Å². The lowest BCUT2D eigenvalue weighted by Crippen LogP contribution is -2.41. The number of hydrogen-bond acceptors (Lipinski definition) is 5. The highest BCUT2D eigenvalue weighted by Crippen LogP contribution is 2.49. The van der Waals surface area contributed by atoms with Crippen LogP contribution in [0.15, 0.2) is 4.52 Å². The zero-order chi connectivity index (χ0) is 16.0. The molecule has 7 heteroatoms. The summed E-state index contributed by atoms with van der Waals surface area (Å²) >= 11 is 0. The van der Waals surface area contributed by atoms with Gasteiger partial charge >= 0.3 is 0 Å². The lowest BCUT2D eigenvalue weighted by Gasteiger charge is -2.40. The van der Waals surface area contributed by atoms with E-state index in [4.69, 9.17) is 4.52 Å². The first-order valence-electron chi connectivity index (χ1n) is 8.09. The van der Waals surface area contributed by atoms with E-state index in [2.05, 4.69) is 14.9 Å². The molecule has 2 fully saturated rings.